The summed E-state index contributed by atoms with van der Waals surface area (Å²) in [5.41, 5.74) is 2.99. The maximum Gasteiger partial charge on any atom is 0.336 e. The number of amides is 2. The van der Waals surface area contributed by atoms with E-state index in [1.54, 1.807) is 67.6 Å². The highest BCUT2D eigenvalue weighted by Gasteiger charge is 2.20. The summed E-state index contributed by atoms with van der Waals surface area (Å²) < 4.78 is 0. The second-order valence-corrected chi connectivity index (χ2v) is 8.37. The lowest BCUT2D eigenvalue weighted by Crippen LogP contribution is -2.27. The molecule has 2 amide bonds. The molecule has 3 aromatic carbocycles. The Morgan fingerprint density at radius 3 is 2.09 bits per heavy atom. The van der Waals surface area contributed by atoms with Crippen LogP contribution in [0.5, 0.6) is 0 Å². The van der Waals surface area contributed by atoms with Crippen LogP contribution in [0.15, 0.2) is 66.7 Å². The molecule has 0 fully saturated rings. The molecule has 0 atom stereocenters. The van der Waals surface area contributed by atoms with Crippen molar-refractivity contribution in [3.05, 3.63) is 89.0 Å². The number of hydrogen-bond donors (Lipinski definition) is 4. The normalized spacial score (nSPS) is 10.6. The zero-order chi connectivity index (χ0) is 24.8. The Kier molecular flexibility index (Phi) is 7.58. The number of hydrogen-bond acceptors (Lipinski definition) is 4. The van der Waals surface area contributed by atoms with Crippen molar-refractivity contribution in [2.24, 2.45) is 5.92 Å². The maximum absolute atomic E-state index is 13.1. The molecule has 34 heavy (non-hydrogen) atoms. The molecule has 3 aromatic rings. The number of carbonyl (C=O) groups excluding carboxylic acids is 2. The summed E-state index contributed by atoms with van der Waals surface area (Å²) in [4.78, 5) is 37.5. The topological polar surface area (TPSA) is 119 Å². The Hall–Kier alpha value is -4.26. The predicted octanol–water partition coefficient (Wildman–Crippen LogP) is 5.08. The van der Waals surface area contributed by atoms with Crippen LogP contribution < -0.4 is 10.6 Å². The third-order valence-electron chi connectivity index (χ3n) is 5.22. The maximum atomic E-state index is 13.1. The van der Waals surface area contributed by atoms with Crippen LogP contribution in [0.25, 0.3) is 11.1 Å². The van der Waals surface area contributed by atoms with E-state index in [1.807, 2.05) is 13.8 Å². The summed E-state index contributed by atoms with van der Waals surface area (Å²) >= 11 is 0. The molecule has 0 bridgehead atoms. The fourth-order valence-electron chi connectivity index (χ4n) is 3.41. The largest absolute Gasteiger partial charge is 0.478 e. The van der Waals surface area contributed by atoms with Crippen molar-refractivity contribution in [3.8, 4) is 11.1 Å². The summed E-state index contributed by atoms with van der Waals surface area (Å²) in [6.07, 6.45) is 0. The molecule has 0 aliphatic heterocycles. The number of carboxylic acids is 1. The van der Waals surface area contributed by atoms with Crippen LogP contribution in [-0.4, -0.2) is 35.1 Å². The Morgan fingerprint density at radius 2 is 1.47 bits per heavy atom. The van der Waals surface area contributed by atoms with Crippen LogP contribution in [0.3, 0.4) is 0 Å². The van der Waals surface area contributed by atoms with Gasteiger partial charge in [0.15, 0.2) is 0 Å². The van der Waals surface area contributed by atoms with E-state index in [1.165, 1.54) is 6.07 Å². The molecule has 0 heterocycles. The van der Waals surface area contributed by atoms with Crippen LogP contribution in [0.2, 0.25) is 0 Å². The molecule has 0 aromatic heterocycles. The Balaban J connectivity index is 1.94. The molecule has 0 spiro atoms. The van der Waals surface area contributed by atoms with E-state index in [0.717, 1.165) is 5.56 Å². The number of carbonyl (C=O) groups is 3. The van der Waals surface area contributed by atoms with Crippen molar-refractivity contribution >= 4 is 29.2 Å². The fraction of sp³-hybridized carbons (Fsp3) is 0.185. The SMILES string of the molecule is CC(=N)c1ccc(NC(=O)c2ccccc2-c2ccc(C(=O)NCC(C)C)cc2C(=O)O)cc1. The molecule has 0 aliphatic carbocycles. The summed E-state index contributed by atoms with van der Waals surface area (Å²) in [5.74, 6) is -1.68. The fourth-order valence-corrected chi connectivity index (χ4v) is 3.41. The van der Waals surface area contributed by atoms with Crippen molar-refractivity contribution < 1.29 is 19.5 Å². The molecule has 7 heteroatoms. The standard InChI is InChI=1S/C27H27N3O4/c1-16(2)15-29-25(31)19-10-13-22(24(14-19)27(33)34)21-6-4-5-7-23(21)26(32)30-20-11-8-18(9-12-20)17(3)28/h4-14,16,28H,15H2,1-3H3,(H,29,31)(H,30,32)(H,33,34). The third-order valence-corrected chi connectivity index (χ3v) is 5.22. The molecule has 0 saturated carbocycles. The smallest absolute Gasteiger partial charge is 0.336 e. The highest BCUT2D eigenvalue weighted by molar-refractivity contribution is 6.11. The summed E-state index contributed by atoms with van der Waals surface area (Å²) in [5, 5.41) is 23.1. The minimum Gasteiger partial charge on any atom is -0.478 e. The van der Waals surface area contributed by atoms with E-state index >= 15 is 0 Å². The second kappa shape index (κ2) is 10.6. The minimum atomic E-state index is -1.19. The third kappa shape index (κ3) is 5.75. The van der Waals surface area contributed by atoms with Crippen molar-refractivity contribution in [2.45, 2.75) is 20.8 Å². The molecule has 4 N–H and O–H groups in total. The van der Waals surface area contributed by atoms with Gasteiger partial charge in [0.2, 0.25) is 0 Å². The van der Waals surface area contributed by atoms with Gasteiger partial charge in [-0.15, -0.1) is 0 Å². The van der Waals surface area contributed by atoms with Crippen LogP contribution in [-0.2, 0) is 0 Å². The van der Waals surface area contributed by atoms with Crippen molar-refractivity contribution in [1.29, 1.82) is 5.41 Å². The summed E-state index contributed by atoms with van der Waals surface area (Å²) in [6.45, 7) is 6.10. The van der Waals surface area contributed by atoms with Crippen LogP contribution >= 0.6 is 0 Å². The first-order valence-corrected chi connectivity index (χ1v) is 10.9. The number of anilines is 1. The van der Waals surface area contributed by atoms with Crippen LogP contribution in [0, 0.1) is 11.3 Å². The number of carboxylic acid groups (broad SMARTS) is 1. The Morgan fingerprint density at radius 1 is 0.853 bits per heavy atom. The molecule has 0 radical (unpaired) electrons. The van der Waals surface area contributed by atoms with E-state index in [4.69, 9.17) is 5.41 Å². The van der Waals surface area contributed by atoms with E-state index in [9.17, 15) is 19.5 Å². The highest BCUT2D eigenvalue weighted by Crippen LogP contribution is 2.29. The van der Waals surface area contributed by atoms with Gasteiger partial charge in [0.05, 0.1) is 5.56 Å². The molecule has 0 saturated heterocycles. The van der Waals surface area contributed by atoms with Gasteiger partial charge in [-0.05, 0) is 59.9 Å². The lowest BCUT2D eigenvalue weighted by molar-refractivity contribution is 0.0697. The predicted molar refractivity (Wildman–Crippen MR) is 133 cm³/mol. The zero-order valence-corrected chi connectivity index (χ0v) is 19.3. The highest BCUT2D eigenvalue weighted by atomic mass is 16.4. The first-order chi connectivity index (χ1) is 16.2. The van der Waals surface area contributed by atoms with Crippen molar-refractivity contribution in [3.63, 3.8) is 0 Å². The van der Waals surface area contributed by atoms with Crippen LogP contribution in [0.1, 0.15) is 57.4 Å². The first-order valence-electron chi connectivity index (χ1n) is 10.9. The molecular weight excluding hydrogens is 430 g/mol. The Bertz CT molecular complexity index is 1250. The van der Waals surface area contributed by atoms with E-state index in [-0.39, 0.29) is 23.0 Å². The van der Waals surface area contributed by atoms with Crippen LogP contribution in [0.4, 0.5) is 5.69 Å². The average Bonchev–Trinajstić information content (AvgIpc) is 2.82. The number of benzene rings is 3. The quantitative estimate of drug-likeness (QED) is 0.353. The van der Waals surface area contributed by atoms with Gasteiger partial charge in [-0.2, -0.15) is 0 Å². The molecule has 174 valence electrons. The lowest BCUT2D eigenvalue weighted by Gasteiger charge is -2.14. The number of aromatic carboxylic acids is 1. The molecule has 7 nitrogen and oxygen atoms in total. The second-order valence-electron chi connectivity index (χ2n) is 8.37. The van der Waals surface area contributed by atoms with Gasteiger partial charge in [0.25, 0.3) is 11.8 Å². The number of nitrogens with one attached hydrogen (secondary N) is 3. The lowest BCUT2D eigenvalue weighted by atomic mass is 9.93. The molecule has 0 unspecified atom stereocenters. The van der Waals surface area contributed by atoms with E-state index in [2.05, 4.69) is 10.6 Å². The van der Waals surface area contributed by atoms with Gasteiger partial charge in [0, 0.05) is 29.1 Å². The van der Waals surface area contributed by atoms with Gasteiger partial charge in [-0.3, -0.25) is 9.59 Å². The van der Waals surface area contributed by atoms with E-state index in [0.29, 0.717) is 34.6 Å². The average molecular weight is 458 g/mol. The molecular formula is C27H27N3O4. The monoisotopic (exact) mass is 457 g/mol. The minimum absolute atomic E-state index is 0.0664. The van der Waals surface area contributed by atoms with Gasteiger partial charge in [0.1, 0.15) is 0 Å². The molecule has 0 aliphatic rings. The van der Waals surface area contributed by atoms with Gasteiger partial charge in [-0.1, -0.05) is 50.2 Å². The molecule has 3 rings (SSSR count). The first kappa shape index (κ1) is 24.4. The summed E-state index contributed by atoms with van der Waals surface area (Å²) in [6, 6.07) is 18.1. The zero-order valence-electron chi connectivity index (χ0n) is 19.3. The van der Waals surface area contributed by atoms with E-state index < -0.39 is 11.9 Å². The van der Waals surface area contributed by atoms with Crippen molar-refractivity contribution in [2.75, 3.05) is 11.9 Å². The van der Waals surface area contributed by atoms with Gasteiger partial charge < -0.3 is 21.1 Å². The summed E-state index contributed by atoms with van der Waals surface area (Å²) in [7, 11) is 0. The van der Waals surface area contributed by atoms with Gasteiger partial charge >= 0.3 is 5.97 Å². The Labute approximate surface area is 198 Å². The number of rotatable bonds is 8. The van der Waals surface area contributed by atoms with Gasteiger partial charge in [-0.25, -0.2) is 4.79 Å². The van der Waals surface area contributed by atoms with Crippen molar-refractivity contribution in [1.82, 2.24) is 5.32 Å².